The lowest BCUT2D eigenvalue weighted by atomic mass is 9.81. The van der Waals surface area contributed by atoms with Gasteiger partial charge in [-0.25, -0.2) is 0 Å². The molecule has 0 aliphatic carbocycles. The Labute approximate surface area is 197 Å². The normalized spacial score (nSPS) is 24.3. The van der Waals surface area contributed by atoms with Crippen LogP contribution in [0.25, 0.3) is 0 Å². The van der Waals surface area contributed by atoms with E-state index >= 15 is 0 Å². The average Bonchev–Trinajstić information content (AvgIpc) is 2.78. The van der Waals surface area contributed by atoms with Gasteiger partial charge in [0.05, 0.1) is 6.04 Å². The molecule has 33 heavy (non-hydrogen) atoms. The number of piperidine rings is 1. The van der Waals surface area contributed by atoms with Crippen molar-refractivity contribution >= 4 is 5.91 Å². The van der Waals surface area contributed by atoms with Crippen LogP contribution in [0.15, 0.2) is 42.5 Å². The molecular formula is C27H37N3O3. The fraction of sp³-hybridized carbons (Fsp3) is 0.519. The van der Waals surface area contributed by atoms with Gasteiger partial charge in [0.25, 0.3) is 0 Å². The first-order valence-corrected chi connectivity index (χ1v) is 12.2. The van der Waals surface area contributed by atoms with E-state index in [9.17, 15) is 15.0 Å². The number of likely N-dealkylation sites (tertiary alicyclic amines) is 1. The lowest BCUT2D eigenvalue weighted by Gasteiger charge is -2.40. The van der Waals surface area contributed by atoms with E-state index in [4.69, 9.17) is 0 Å². The molecule has 6 heteroatoms. The molecular weight excluding hydrogens is 414 g/mol. The number of rotatable bonds is 6. The molecule has 2 aromatic rings. The molecule has 0 aromatic heterocycles. The van der Waals surface area contributed by atoms with E-state index in [1.165, 1.54) is 5.56 Å². The Morgan fingerprint density at radius 2 is 1.94 bits per heavy atom. The number of amides is 1. The second-order valence-electron chi connectivity index (χ2n) is 10.2. The second-order valence-corrected chi connectivity index (χ2v) is 10.2. The summed E-state index contributed by atoms with van der Waals surface area (Å²) in [5.41, 5.74) is 3.39. The maximum atomic E-state index is 13.1. The Bertz CT molecular complexity index is 977. The van der Waals surface area contributed by atoms with E-state index in [1.54, 1.807) is 18.2 Å². The lowest BCUT2D eigenvalue weighted by molar-refractivity contribution is -0.124. The SMILES string of the molecule is CC1CN(C[C@@H](NC(=O)[C@H]2Cc3ccc(O)cc3CN2)C(C)C)CCC1c1cccc(O)c1. The Hall–Kier alpha value is -2.57. The van der Waals surface area contributed by atoms with Crippen LogP contribution in [0.3, 0.4) is 0 Å². The molecule has 2 aromatic carbocycles. The molecule has 4 N–H and O–H groups in total. The van der Waals surface area contributed by atoms with Crippen LogP contribution in [-0.4, -0.2) is 52.7 Å². The molecule has 2 aliphatic heterocycles. The van der Waals surface area contributed by atoms with Crippen LogP contribution in [0.1, 0.15) is 49.8 Å². The largest absolute Gasteiger partial charge is 0.508 e. The summed E-state index contributed by atoms with van der Waals surface area (Å²) in [7, 11) is 0. The van der Waals surface area contributed by atoms with Gasteiger partial charge in [-0.1, -0.05) is 39.0 Å². The highest BCUT2D eigenvalue weighted by molar-refractivity contribution is 5.82. The first-order valence-electron chi connectivity index (χ1n) is 12.2. The van der Waals surface area contributed by atoms with E-state index in [2.05, 4.69) is 42.4 Å². The van der Waals surface area contributed by atoms with Crippen LogP contribution in [0.2, 0.25) is 0 Å². The zero-order valence-corrected chi connectivity index (χ0v) is 19.9. The topological polar surface area (TPSA) is 84.8 Å². The molecule has 0 saturated carbocycles. The van der Waals surface area contributed by atoms with Crippen molar-refractivity contribution in [2.75, 3.05) is 19.6 Å². The summed E-state index contributed by atoms with van der Waals surface area (Å²) >= 11 is 0. The molecule has 1 saturated heterocycles. The molecule has 4 rings (SSSR count). The molecule has 2 heterocycles. The number of hydrogen-bond donors (Lipinski definition) is 4. The third kappa shape index (κ3) is 5.68. The van der Waals surface area contributed by atoms with Crippen molar-refractivity contribution in [2.24, 2.45) is 11.8 Å². The molecule has 0 radical (unpaired) electrons. The van der Waals surface area contributed by atoms with Crippen molar-refractivity contribution in [3.63, 3.8) is 0 Å². The van der Waals surface area contributed by atoms with Gasteiger partial charge in [-0.2, -0.15) is 0 Å². The van der Waals surface area contributed by atoms with Gasteiger partial charge in [0.15, 0.2) is 0 Å². The second kappa shape index (κ2) is 10.1. The summed E-state index contributed by atoms with van der Waals surface area (Å²) < 4.78 is 0. The van der Waals surface area contributed by atoms with Gasteiger partial charge in [0.1, 0.15) is 11.5 Å². The minimum atomic E-state index is -0.251. The highest BCUT2D eigenvalue weighted by Crippen LogP contribution is 2.34. The lowest BCUT2D eigenvalue weighted by Crippen LogP contribution is -2.55. The minimum Gasteiger partial charge on any atom is -0.508 e. The fourth-order valence-electron chi connectivity index (χ4n) is 5.32. The van der Waals surface area contributed by atoms with Crippen LogP contribution in [-0.2, 0) is 17.8 Å². The molecule has 4 atom stereocenters. The van der Waals surface area contributed by atoms with E-state index in [0.29, 0.717) is 36.5 Å². The van der Waals surface area contributed by atoms with Crippen molar-refractivity contribution in [3.8, 4) is 11.5 Å². The summed E-state index contributed by atoms with van der Waals surface area (Å²) in [4.78, 5) is 15.6. The van der Waals surface area contributed by atoms with Gasteiger partial charge in [0, 0.05) is 25.7 Å². The monoisotopic (exact) mass is 451 g/mol. The molecule has 1 amide bonds. The highest BCUT2D eigenvalue weighted by atomic mass is 16.3. The number of benzene rings is 2. The molecule has 2 unspecified atom stereocenters. The number of phenols is 2. The van der Waals surface area contributed by atoms with Crippen LogP contribution < -0.4 is 10.6 Å². The van der Waals surface area contributed by atoms with Crippen LogP contribution in [0.5, 0.6) is 11.5 Å². The predicted molar refractivity (Wildman–Crippen MR) is 130 cm³/mol. The Morgan fingerprint density at radius 1 is 1.15 bits per heavy atom. The highest BCUT2D eigenvalue weighted by Gasteiger charge is 2.31. The van der Waals surface area contributed by atoms with Crippen molar-refractivity contribution in [1.82, 2.24) is 15.5 Å². The number of carbonyl (C=O) groups excluding carboxylic acids is 1. The molecule has 0 bridgehead atoms. The number of nitrogens with one attached hydrogen (secondary N) is 2. The third-order valence-corrected chi connectivity index (χ3v) is 7.34. The zero-order valence-electron chi connectivity index (χ0n) is 19.9. The first-order chi connectivity index (χ1) is 15.8. The van der Waals surface area contributed by atoms with Crippen molar-refractivity contribution < 1.29 is 15.0 Å². The van der Waals surface area contributed by atoms with E-state index in [1.807, 2.05) is 18.2 Å². The summed E-state index contributed by atoms with van der Waals surface area (Å²) in [5.74, 6) is 1.92. The number of aromatic hydroxyl groups is 2. The van der Waals surface area contributed by atoms with Gasteiger partial charge in [-0.3, -0.25) is 4.79 Å². The Balaban J connectivity index is 1.34. The van der Waals surface area contributed by atoms with Crippen molar-refractivity contribution in [1.29, 1.82) is 0 Å². The van der Waals surface area contributed by atoms with Crippen LogP contribution >= 0.6 is 0 Å². The molecule has 2 aliphatic rings. The summed E-state index contributed by atoms with van der Waals surface area (Å²) in [5, 5.41) is 26.2. The standard InChI is InChI=1S/C27H37N3O3/c1-17(2)26(29-27(33)25-13-19-7-8-23(32)12-21(19)14-28-25)16-30-10-9-24(18(3)15-30)20-5-4-6-22(31)11-20/h4-8,11-12,17-18,24-26,28,31-32H,9-10,13-16H2,1-3H3,(H,29,33)/t18?,24?,25-,26-/m1/s1. The predicted octanol–water partition coefficient (Wildman–Crippen LogP) is 3.38. The molecule has 178 valence electrons. The maximum absolute atomic E-state index is 13.1. The first kappa shape index (κ1) is 23.6. The summed E-state index contributed by atoms with van der Waals surface area (Å²) in [6.45, 7) is 10.0. The minimum absolute atomic E-state index is 0.0510. The van der Waals surface area contributed by atoms with Crippen molar-refractivity contribution in [3.05, 3.63) is 59.2 Å². The Morgan fingerprint density at radius 3 is 2.67 bits per heavy atom. The van der Waals surface area contributed by atoms with Crippen molar-refractivity contribution in [2.45, 2.75) is 58.2 Å². The van der Waals surface area contributed by atoms with Gasteiger partial charge in [0.2, 0.25) is 5.91 Å². The van der Waals surface area contributed by atoms with E-state index in [-0.39, 0.29) is 23.7 Å². The molecule has 6 nitrogen and oxygen atoms in total. The number of carbonyl (C=O) groups is 1. The third-order valence-electron chi connectivity index (χ3n) is 7.34. The van der Waals surface area contributed by atoms with Gasteiger partial charge < -0.3 is 25.7 Å². The van der Waals surface area contributed by atoms with Gasteiger partial charge >= 0.3 is 0 Å². The van der Waals surface area contributed by atoms with Gasteiger partial charge in [-0.15, -0.1) is 0 Å². The van der Waals surface area contributed by atoms with Gasteiger partial charge in [-0.05, 0) is 78.1 Å². The number of nitrogens with zero attached hydrogens (tertiary/aromatic N) is 1. The summed E-state index contributed by atoms with van der Waals surface area (Å²) in [6, 6.07) is 12.9. The molecule has 1 fully saturated rings. The van der Waals surface area contributed by atoms with Crippen LogP contribution in [0.4, 0.5) is 0 Å². The number of hydrogen-bond acceptors (Lipinski definition) is 5. The summed E-state index contributed by atoms with van der Waals surface area (Å²) in [6.07, 6.45) is 1.69. The smallest absolute Gasteiger partial charge is 0.237 e. The number of phenolic OH excluding ortho intramolecular Hbond substituents is 2. The fourth-order valence-corrected chi connectivity index (χ4v) is 5.32. The van der Waals surface area contributed by atoms with E-state index in [0.717, 1.165) is 37.2 Å². The average molecular weight is 452 g/mol. The zero-order chi connectivity index (χ0) is 23.5. The Kier molecular flexibility index (Phi) is 7.25. The maximum Gasteiger partial charge on any atom is 0.237 e. The number of fused-ring (bicyclic) bond motifs is 1. The van der Waals surface area contributed by atoms with Crippen LogP contribution in [0, 0.1) is 11.8 Å². The molecule has 0 spiro atoms. The van der Waals surface area contributed by atoms with E-state index < -0.39 is 0 Å². The quantitative estimate of drug-likeness (QED) is 0.541.